The molecule has 0 aliphatic rings. The number of likely N-dealkylation sites (N-methyl/N-ethyl adjacent to an activating group) is 1. The van der Waals surface area contributed by atoms with Gasteiger partial charge in [-0.2, -0.15) is 0 Å². The van der Waals surface area contributed by atoms with Crippen LogP contribution in [-0.2, 0) is 10.0 Å². The molecule has 0 saturated heterocycles. The van der Waals surface area contributed by atoms with Gasteiger partial charge in [-0.15, -0.1) is 0 Å². The number of nitrogens with one attached hydrogen (secondary N) is 3. The van der Waals surface area contributed by atoms with E-state index in [0.717, 1.165) is 6.07 Å². The molecule has 0 aliphatic carbocycles. The summed E-state index contributed by atoms with van der Waals surface area (Å²) in [5.74, 6) is 0. The second-order valence-electron chi connectivity index (χ2n) is 4.21. The lowest BCUT2D eigenvalue weighted by Crippen LogP contribution is -2.29. The Morgan fingerprint density at radius 3 is 2.50 bits per heavy atom. The molecule has 9 heteroatoms. The maximum absolute atomic E-state index is 11.6. The fourth-order valence-corrected chi connectivity index (χ4v) is 2.21. The normalized spacial score (nSPS) is 12.9. The molecule has 1 atom stereocenters. The van der Waals surface area contributed by atoms with Crippen LogP contribution in [0.25, 0.3) is 0 Å². The van der Waals surface area contributed by atoms with E-state index in [1.807, 2.05) is 6.92 Å². The van der Waals surface area contributed by atoms with E-state index in [9.17, 15) is 18.5 Å². The summed E-state index contributed by atoms with van der Waals surface area (Å²) in [5, 5.41) is 17.0. The van der Waals surface area contributed by atoms with Crippen LogP contribution in [0.4, 0.5) is 11.4 Å². The summed E-state index contributed by atoms with van der Waals surface area (Å²) in [5.41, 5.74) is 0.0109. The molecule has 1 rings (SSSR count). The fourth-order valence-electron chi connectivity index (χ4n) is 1.46. The number of rotatable bonds is 7. The van der Waals surface area contributed by atoms with Gasteiger partial charge in [0.15, 0.2) is 0 Å². The van der Waals surface area contributed by atoms with Crippen LogP contribution < -0.4 is 15.4 Å². The number of anilines is 1. The van der Waals surface area contributed by atoms with Crippen LogP contribution in [-0.4, -0.2) is 40.0 Å². The Hall–Kier alpha value is -1.71. The van der Waals surface area contributed by atoms with Gasteiger partial charge in [0.2, 0.25) is 10.0 Å². The standard InChI is InChI=1S/C11H18N4O4S/c1-8(12-2)7-14-10-5-4-9(20(18,19)13-3)6-11(10)15(16)17/h4-6,8,12-14H,7H2,1-3H3. The maximum atomic E-state index is 11.6. The Labute approximate surface area is 117 Å². The molecule has 112 valence electrons. The molecule has 3 N–H and O–H groups in total. The molecule has 0 aliphatic heterocycles. The third-order valence-corrected chi connectivity index (χ3v) is 4.25. The molecule has 20 heavy (non-hydrogen) atoms. The van der Waals surface area contributed by atoms with E-state index < -0.39 is 14.9 Å². The Morgan fingerprint density at radius 2 is 2.00 bits per heavy atom. The van der Waals surface area contributed by atoms with E-state index in [2.05, 4.69) is 15.4 Å². The zero-order valence-corrected chi connectivity index (χ0v) is 12.3. The summed E-state index contributed by atoms with van der Waals surface area (Å²) in [7, 11) is -0.668. The number of benzene rings is 1. The van der Waals surface area contributed by atoms with Gasteiger partial charge in [0, 0.05) is 18.7 Å². The van der Waals surface area contributed by atoms with Crippen LogP contribution in [0.15, 0.2) is 23.1 Å². The van der Waals surface area contributed by atoms with Crippen LogP contribution in [0.1, 0.15) is 6.92 Å². The summed E-state index contributed by atoms with van der Waals surface area (Å²) in [6.07, 6.45) is 0. The summed E-state index contributed by atoms with van der Waals surface area (Å²) < 4.78 is 25.4. The lowest BCUT2D eigenvalue weighted by atomic mass is 10.2. The van der Waals surface area contributed by atoms with E-state index in [-0.39, 0.29) is 22.3 Å². The molecule has 0 radical (unpaired) electrons. The average Bonchev–Trinajstić information content (AvgIpc) is 2.44. The quantitative estimate of drug-likeness (QED) is 0.500. The van der Waals surface area contributed by atoms with Crippen molar-refractivity contribution in [2.24, 2.45) is 0 Å². The Kier molecular flexibility index (Phi) is 5.43. The Balaban J connectivity index is 3.12. The first-order valence-electron chi connectivity index (χ1n) is 5.95. The first-order chi connectivity index (χ1) is 9.31. The van der Waals surface area contributed by atoms with Gasteiger partial charge in [-0.05, 0) is 33.2 Å². The summed E-state index contributed by atoms with van der Waals surface area (Å²) >= 11 is 0. The van der Waals surface area contributed by atoms with Crippen LogP contribution >= 0.6 is 0 Å². The van der Waals surface area contributed by atoms with Crippen molar-refractivity contribution in [1.29, 1.82) is 0 Å². The molecule has 1 aromatic rings. The number of nitro benzene ring substituents is 1. The SMILES string of the molecule is CNC(C)CNc1ccc(S(=O)(=O)NC)cc1[N+](=O)[O-]. The summed E-state index contributed by atoms with van der Waals surface area (Å²) in [4.78, 5) is 10.3. The third kappa shape index (κ3) is 3.89. The highest BCUT2D eigenvalue weighted by atomic mass is 32.2. The molecule has 0 bridgehead atoms. The number of sulfonamides is 1. The molecule has 1 unspecified atom stereocenters. The number of hydrogen-bond donors (Lipinski definition) is 3. The average molecular weight is 302 g/mol. The van der Waals surface area contributed by atoms with Crippen molar-refractivity contribution in [3.63, 3.8) is 0 Å². The van der Waals surface area contributed by atoms with Crippen molar-refractivity contribution in [3.8, 4) is 0 Å². The van der Waals surface area contributed by atoms with Crippen LogP contribution in [0, 0.1) is 10.1 Å². The van der Waals surface area contributed by atoms with Gasteiger partial charge in [-0.25, -0.2) is 13.1 Å². The van der Waals surface area contributed by atoms with E-state index in [1.54, 1.807) is 7.05 Å². The van der Waals surface area contributed by atoms with E-state index >= 15 is 0 Å². The lowest BCUT2D eigenvalue weighted by Gasteiger charge is -2.13. The second-order valence-corrected chi connectivity index (χ2v) is 6.10. The van der Waals surface area contributed by atoms with Gasteiger partial charge in [0.25, 0.3) is 5.69 Å². The van der Waals surface area contributed by atoms with Crippen LogP contribution in [0.3, 0.4) is 0 Å². The first kappa shape index (κ1) is 16.3. The van der Waals surface area contributed by atoms with Crippen molar-refractivity contribution in [3.05, 3.63) is 28.3 Å². The van der Waals surface area contributed by atoms with Crippen molar-refractivity contribution in [2.45, 2.75) is 17.9 Å². The fraction of sp³-hybridized carbons (Fsp3) is 0.455. The minimum atomic E-state index is -3.70. The van der Waals surface area contributed by atoms with E-state index in [1.165, 1.54) is 19.2 Å². The van der Waals surface area contributed by atoms with Crippen molar-refractivity contribution in [1.82, 2.24) is 10.0 Å². The highest BCUT2D eigenvalue weighted by molar-refractivity contribution is 7.89. The minimum Gasteiger partial charge on any atom is -0.378 e. The van der Waals surface area contributed by atoms with Gasteiger partial charge in [0.1, 0.15) is 5.69 Å². The molecule has 0 amide bonds. The second kappa shape index (κ2) is 6.64. The van der Waals surface area contributed by atoms with E-state index in [0.29, 0.717) is 6.54 Å². The molecule has 0 fully saturated rings. The molecular formula is C11H18N4O4S. The van der Waals surface area contributed by atoms with Crippen molar-refractivity contribution in [2.75, 3.05) is 26.0 Å². The van der Waals surface area contributed by atoms with Gasteiger partial charge in [0.05, 0.1) is 9.82 Å². The molecule has 8 nitrogen and oxygen atoms in total. The van der Waals surface area contributed by atoms with Gasteiger partial charge in [-0.1, -0.05) is 0 Å². The highest BCUT2D eigenvalue weighted by Crippen LogP contribution is 2.27. The zero-order valence-electron chi connectivity index (χ0n) is 11.5. The Bertz CT molecular complexity index is 588. The summed E-state index contributed by atoms with van der Waals surface area (Å²) in [6.45, 7) is 2.40. The number of hydrogen-bond acceptors (Lipinski definition) is 6. The zero-order chi connectivity index (χ0) is 15.3. The molecule has 0 heterocycles. The van der Waals surface area contributed by atoms with E-state index in [4.69, 9.17) is 0 Å². The molecule has 0 spiro atoms. The van der Waals surface area contributed by atoms with Crippen LogP contribution in [0.5, 0.6) is 0 Å². The number of nitrogens with zero attached hydrogens (tertiary/aromatic N) is 1. The van der Waals surface area contributed by atoms with Crippen LogP contribution in [0.2, 0.25) is 0 Å². The monoisotopic (exact) mass is 302 g/mol. The predicted octanol–water partition coefficient (Wildman–Crippen LogP) is 0.523. The minimum absolute atomic E-state index is 0.121. The van der Waals surface area contributed by atoms with Gasteiger partial charge in [-0.3, -0.25) is 10.1 Å². The predicted molar refractivity (Wildman–Crippen MR) is 76.4 cm³/mol. The van der Waals surface area contributed by atoms with Crippen molar-refractivity contribution < 1.29 is 13.3 Å². The summed E-state index contributed by atoms with van der Waals surface area (Å²) in [6, 6.07) is 3.88. The molecule has 0 aromatic heterocycles. The third-order valence-electron chi connectivity index (χ3n) is 2.84. The molecule has 0 saturated carbocycles. The topological polar surface area (TPSA) is 113 Å². The largest absolute Gasteiger partial charge is 0.378 e. The van der Waals surface area contributed by atoms with Gasteiger partial charge >= 0.3 is 0 Å². The molecule has 1 aromatic carbocycles. The number of nitro groups is 1. The Morgan fingerprint density at radius 1 is 1.35 bits per heavy atom. The lowest BCUT2D eigenvalue weighted by molar-refractivity contribution is -0.384. The first-order valence-corrected chi connectivity index (χ1v) is 7.43. The highest BCUT2D eigenvalue weighted by Gasteiger charge is 2.20. The van der Waals surface area contributed by atoms with Gasteiger partial charge < -0.3 is 10.6 Å². The van der Waals surface area contributed by atoms with Crippen molar-refractivity contribution >= 4 is 21.4 Å². The smallest absolute Gasteiger partial charge is 0.293 e. The maximum Gasteiger partial charge on any atom is 0.293 e. The molecular weight excluding hydrogens is 284 g/mol.